The molecule has 0 bridgehead atoms. The second kappa shape index (κ2) is 7.64. The molecule has 0 amide bonds. The van der Waals surface area contributed by atoms with Crippen LogP contribution in [-0.2, 0) is 0 Å². The SMILES string of the molecule is COc1ccc(Nc2cc(Nc3ccc(F)c(F)c3)ncn2)cc1OC. The molecule has 0 fully saturated rings. The highest BCUT2D eigenvalue weighted by Crippen LogP contribution is 2.31. The van der Waals surface area contributed by atoms with E-state index in [4.69, 9.17) is 9.47 Å². The normalized spacial score (nSPS) is 10.3. The molecule has 0 radical (unpaired) electrons. The molecule has 0 aliphatic carbocycles. The van der Waals surface area contributed by atoms with Gasteiger partial charge in [-0.15, -0.1) is 0 Å². The predicted octanol–water partition coefficient (Wildman–Crippen LogP) is 4.26. The summed E-state index contributed by atoms with van der Waals surface area (Å²) in [5.41, 5.74) is 1.11. The second-order valence-corrected chi connectivity index (χ2v) is 5.24. The van der Waals surface area contributed by atoms with Crippen molar-refractivity contribution in [3.63, 3.8) is 0 Å². The molecule has 3 rings (SSSR count). The van der Waals surface area contributed by atoms with E-state index in [0.29, 0.717) is 28.8 Å². The van der Waals surface area contributed by atoms with Crippen molar-refractivity contribution in [2.45, 2.75) is 0 Å². The van der Waals surface area contributed by atoms with Crippen molar-refractivity contribution in [1.29, 1.82) is 0 Å². The van der Waals surface area contributed by atoms with E-state index in [0.717, 1.165) is 17.8 Å². The average Bonchev–Trinajstić information content (AvgIpc) is 2.65. The van der Waals surface area contributed by atoms with Gasteiger partial charge in [0.2, 0.25) is 0 Å². The van der Waals surface area contributed by atoms with Crippen LogP contribution in [0, 0.1) is 11.6 Å². The Morgan fingerprint density at radius 3 is 1.96 bits per heavy atom. The van der Waals surface area contributed by atoms with E-state index in [2.05, 4.69) is 20.6 Å². The fraction of sp³-hybridized carbons (Fsp3) is 0.111. The Balaban J connectivity index is 1.78. The molecule has 1 heterocycles. The van der Waals surface area contributed by atoms with Gasteiger partial charge in [0.05, 0.1) is 14.2 Å². The monoisotopic (exact) mass is 358 g/mol. The number of halogens is 2. The minimum atomic E-state index is -0.937. The Kier molecular flexibility index (Phi) is 5.12. The highest BCUT2D eigenvalue weighted by molar-refractivity contribution is 5.65. The predicted molar refractivity (Wildman–Crippen MR) is 94.5 cm³/mol. The maximum absolute atomic E-state index is 13.3. The first-order chi connectivity index (χ1) is 12.6. The van der Waals surface area contributed by atoms with E-state index in [1.807, 2.05) is 6.07 Å². The quantitative estimate of drug-likeness (QED) is 0.686. The summed E-state index contributed by atoms with van der Waals surface area (Å²) in [6.45, 7) is 0. The lowest BCUT2D eigenvalue weighted by molar-refractivity contribution is 0.355. The van der Waals surface area contributed by atoms with Gasteiger partial charge in [0, 0.05) is 29.6 Å². The number of anilines is 4. The molecule has 0 saturated heterocycles. The summed E-state index contributed by atoms with van der Waals surface area (Å²) in [4.78, 5) is 8.20. The lowest BCUT2D eigenvalue weighted by Gasteiger charge is -2.11. The van der Waals surface area contributed by atoms with E-state index >= 15 is 0 Å². The van der Waals surface area contributed by atoms with Gasteiger partial charge in [-0.2, -0.15) is 0 Å². The largest absolute Gasteiger partial charge is 0.493 e. The van der Waals surface area contributed by atoms with Crippen LogP contribution in [0.1, 0.15) is 0 Å². The van der Waals surface area contributed by atoms with Crippen LogP contribution in [0.4, 0.5) is 31.8 Å². The Bertz CT molecular complexity index is 921. The number of benzene rings is 2. The zero-order valence-electron chi connectivity index (χ0n) is 14.1. The molecular weight excluding hydrogens is 342 g/mol. The van der Waals surface area contributed by atoms with Gasteiger partial charge in [-0.25, -0.2) is 18.7 Å². The van der Waals surface area contributed by atoms with Gasteiger partial charge in [0.25, 0.3) is 0 Å². The fourth-order valence-electron chi connectivity index (χ4n) is 2.28. The Labute approximate surface area is 148 Å². The summed E-state index contributed by atoms with van der Waals surface area (Å²) in [6, 6.07) is 10.5. The van der Waals surface area contributed by atoms with Crippen molar-refractivity contribution < 1.29 is 18.3 Å². The Hall–Kier alpha value is -3.42. The third-order valence-electron chi connectivity index (χ3n) is 3.52. The zero-order valence-corrected chi connectivity index (χ0v) is 14.1. The van der Waals surface area contributed by atoms with Gasteiger partial charge >= 0.3 is 0 Å². The number of nitrogens with one attached hydrogen (secondary N) is 2. The molecule has 0 unspecified atom stereocenters. The summed E-state index contributed by atoms with van der Waals surface area (Å²) in [7, 11) is 3.11. The van der Waals surface area contributed by atoms with Gasteiger partial charge in [0.15, 0.2) is 23.1 Å². The van der Waals surface area contributed by atoms with Crippen molar-refractivity contribution in [2.75, 3.05) is 24.9 Å². The molecule has 26 heavy (non-hydrogen) atoms. The molecular formula is C18H16F2N4O2. The summed E-state index contributed by atoms with van der Waals surface area (Å²) < 4.78 is 36.8. The van der Waals surface area contributed by atoms with Crippen LogP contribution in [0.25, 0.3) is 0 Å². The first-order valence-corrected chi connectivity index (χ1v) is 7.62. The van der Waals surface area contributed by atoms with Gasteiger partial charge in [-0.3, -0.25) is 0 Å². The van der Waals surface area contributed by atoms with E-state index in [-0.39, 0.29) is 0 Å². The number of hydrogen-bond acceptors (Lipinski definition) is 6. The number of aromatic nitrogens is 2. The number of nitrogens with zero attached hydrogens (tertiary/aromatic N) is 2. The Morgan fingerprint density at radius 2 is 1.35 bits per heavy atom. The Morgan fingerprint density at radius 1 is 0.731 bits per heavy atom. The highest BCUT2D eigenvalue weighted by atomic mass is 19.2. The van der Waals surface area contributed by atoms with Crippen molar-refractivity contribution in [2.24, 2.45) is 0 Å². The first kappa shape index (κ1) is 17.4. The van der Waals surface area contributed by atoms with E-state index in [1.165, 1.54) is 12.4 Å². The van der Waals surface area contributed by atoms with Crippen molar-refractivity contribution >= 4 is 23.0 Å². The number of methoxy groups -OCH3 is 2. The molecule has 2 N–H and O–H groups in total. The topological polar surface area (TPSA) is 68.3 Å². The molecule has 8 heteroatoms. The second-order valence-electron chi connectivity index (χ2n) is 5.24. The third kappa shape index (κ3) is 3.97. The van der Waals surface area contributed by atoms with Crippen molar-refractivity contribution in [3.05, 3.63) is 60.4 Å². The van der Waals surface area contributed by atoms with Gasteiger partial charge < -0.3 is 20.1 Å². The van der Waals surface area contributed by atoms with E-state index < -0.39 is 11.6 Å². The van der Waals surface area contributed by atoms with E-state index in [9.17, 15) is 8.78 Å². The minimum absolute atomic E-state index is 0.375. The van der Waals surface area contributed by atoms with Crippen LogP contribution in [0.5, 0.6) is 11.5 Å². The fourth-order valence-corrected chi connectivity index (χ4v) is 2.28. The highest BCUT2D eigenvalue weighted by Gasteiger charge is 2.07. The summed E-state index contributed by atoms with van der Waals surface area (Å²) >= 11 is 0. The molecule has 1 aromatic heterocycles. The minimum Gasteiger partial charge on any atom is -0.493 e. The zero-order chi connectivity index (χ0) is 18.5. The third-order valence-corrected chi connectivity index (χ3v) is 3.52. The van der Waals surface area contributed by atoms with Crippen LogP contribution >= 0.6 is 0 Å². The first-order valence-electron chi connectivity index (χ1n) is 7.62. The maximum Gasteiger partial charge on any atom is 0.162 e. The number of ether oxygens (including phenoxy) is 2. The smallest absolute Gasteiger partial charge is 0.162 e. The van der Waals surface area contributed by atoms with Crippen LogP contribution in [-0.4, -0.2) is 24.2 Å². The van der Waals surface area contributed by atoms with Crippen molar-refractivity contribution in [3.8, 4) is 11.5 Å². The van der Waals surface area contributed by atoms with Crippen LogP contribution in [0.3, 0.4) is 0 Å². The maximum atomic E-state index is 13.3. The number of rotatable bonds is 6. The summed E-state index contributed by atoms with van der Waals surface area (Å²) in [5.74, 6) is 0.279. The summed E-state index contributed by atoms with van der Waals surface area (Å²) in [5, 5.41) is 6.01. The summed E-state index contributed by atoms with van der Waals surface area (Å²) in [6.07, 6.45) is 1.35. The van der Waals surface area contributed by atoms with Crippen molar-refractivity contribution in [1.82, 2.24) is 9.97 Å². The number of hydrogen-bond donors (Lipinski definition) is 2. The average molecular weight is 358 g/mol. The van der Waals surface area contributed by atoms with Crippen LogP contribution < -0.4 is 20.1 Å². The molecule has 0 aliphatic rings. The molecule has 3 aromatic rings. The standard InChI is InChI=1S/C18H16F2N4O2/c1-25-15-6-4-12(8-16(15)26-2)24-18-9-17(21-10-22-18)23-11-3-5-13(19)14(20)7-11/h3-10H,1-2H3,(H2,21,22,23,24). The van der Waals surface area contributed by atoms with E-state index in [1.54, 1.807) is 32.4 Å². The van der Waals surface area contributed by atoms with Gasteiger partial charge in [-0.05, 0) is 24.3 Å². The molecule has 0 aliphatic heterocycles. The molecule has 2 aromatic carbocycles. The van der Waals surface area contributed by atoms with Gasteiger partial charge in [0.1, 0.15) is 18.0 Å². The lowest BCUT2D eigenvalue weighted by atomic mass is 10.2. The molecule has 0 spiro atoms. The molecule has 6 nitrogen and oxygen atoms in total. The lowest BCUT2D eigenvalue weighted by Crippen LogP contribution is -1.99. The molecule has 0 saturated carbocycles. The van der Waals surface area contributed by atoms with Gasteiger partial charge in [-0.1, -0.05) is 0 Å². The molecule has 0 atom stereocenters. The van der Waals surface area contributed by atoms with Crippen LogP contribution in [0.2, 0.25) is 0 Å². The van der Waals surface area contributed by atoms with Crippen LogP contribution in [0.15, 0.2) is 48.8 Å². The molecule has 134 valence electrons.